The van der Waals surface area contributed by atoms with E-state index in [0.717, 1.165) is 74.4 Å². The summed E-state index contributed by atoms with van der Waals surface area (Å²) in [6, 6.07) is 11.7. The number of urea groups is 1. The van der Waals surface area contributed by atoms with E-state index >= 15 is 0 Å². The molecule has 2 N–H and O–H groups in total. The van der Waals surface area contributed by atoms with Crippen molar-refractivity contribution in [2.75, 3.05) is 41.7 Å². The molecule has 4 rings (SSSR count). The quantitative estimate of drug-likeness (QED) is 0.456. The van der Waals surface area contributed by atoms with Crippen molar-refractivity contribution >= 4 is 29.0 Å². The highest BCUT2D eigenvalue weighted by molar-refractivity contribution is 6.04. The second-order valence-electron chi connectivity index (χ2n) is 11.1. The van der Waals surface area contributed by atoms with Gasteiger partial charge in [-0.3, -0.25) is 4.79 Å². The first kappa shape index (κ1) is 26.1. The van der Waals surface area contributed by atoms with Gasteiger partial charge in [0.25, 0.3) is 5.91 Å². The molecule has 2 saturated heterocycles. The molecule has 6 nitrogen and oxygen atoms in total. The number of likely N-dealkylation sites (tertiary alicyclic amines) is 1. The maximum Gasteiger partial charge on any atom is 0.323 e. The molecule has 36 heavy (non-hydrogen) atoms. The first-order valence-electron chi connectivity index (χ1n) is 13.6. The fourth-order valence-corrected chi connectivity index (χ4v) is 5.37. The highest BCUT2D eigenvalue weighted by Gasteiger charge is 2.26. The van der Waals surface area contributed by atoms with Gasteiger partial charge >= 0.3 is 6.03 Å². The van der Waals surface area contributed by atoms with Crippen molar-refractivity contribution < 1.29 is 9.59 Å². The summed E-state index contributed by atoms with van der Waals surface area (Å²) >= 11 is 0. The molecule has 0 atom stereocenters. The Labute approximate surface area is 216 Å². The van der Waals surface area contributed by atoms with E-state index in [1.165, 1.54) is 0 Å². The van der Waals surface area contributed by atoms with Crippen molar-refractivity contribution in [1.29, 1.82) is 0 Å². The summed E-state index contributed by atoms with van der Waals surface area (Å²) in [4.78, 5) is 31.0. The Bertz CT molecular complexity index is 1050. The molecule has 0 spiro atoms. The summed E-state index contributed by atoms with van der Waals surface area (Å²) in [6.45, 7) is 14.4. The van der Waals surface area contributed by atoms with Crippen LogP contribution in [0.4, 0.5) is 21.9 Å². The summed E-state index contributed by atoms with van der Waals surface area (Å²) in [5, 5.41) is 6.13. The molecule has 3 amide bonds. The number of amides is 3. The Morgan fingerprint density at radius 1 is 0.861 bits per heavy atom. The minimum Gasteiger partial charge on any atom is -0.371 e. The predicted octanol–water partition coefficient (Wildman–Crippen LogP) is 7.05. The maximum absolute atomic E-state index is 13.5. The summed E-state index contributed by atoms with van der Waals surface area (Å²) in [5.74, 6) is 1.36. The third-order valence-corrected chi connectivity index (χ3v) is 7.61. The molecule has 6 heteroatoms. The number of anilines is 3. The number of hydrogen-bond donors (Lipinski definition) is 2. The molecule has 2 aromatic carbocycles. The number of carbonyl (C=O) groups is 2. The van der Waals surface area contributed by atoms with Gasteiger partial charge in [-0.05, 0) is 72.8 Å². The van der Waals surface area contributed by atoms with Gasteiger partial charge in [-0.2, -0.15) is 0 Å². The number of para-hydroxylation sites is 1. The molecule has 0 radical (unpaired) electrons. The average Bonchev–Trinajstić information content (AvgIpc) is 3.39. The van der Waals surface area contributed by atoms with Crippen molar-refractivity contribution in [2.24, 2.45) is 5.92 Å². The van der Waals surface area contributed by atoms with E-state index in [9.17, 15) is 9.59 Å². The number of rotatable bonds is 6. The number of piperidine rings is 1. The second-order valence-corrected chi connectivity index (χ2v) is 11.1. The van der Waals surface area contributed by atoms with Crippen molar-refractivity contribution in [3.8, 4) is 0 Å². The van der Waals surface area contributed by atoms with Gasteiger partial charge in [0.1, 0.15) is 0 Å². The van der Waals surface area contributed by atoms with Crippen molar-refractivity contribution in [2.45, 2.75) is 72.1 Å². The fraction of sp³-hybridized carbons (Fsp3) is 0.533. The minimum absolute atomic E-state index is 0.0671. The van der Waals surface area contributed by atoms with E-state index in [2.05, 4.69) is 68.4 Å². The molecule has 0 aromatic heterocycles. The molecule has 2 aliphatic rings. The Morgan fingerprint density at radius 3 is 2.06 bits per heavy atom. The summed E-state index contributed by atoms with van der Waals surface area (Å²) in [6.07, 6.45) is 4.37. The molecule has 0 unspecified atom stereocenters. The highest BCUT2D eigenvalue weighted by atomic mass is 16.2. The molecular weight excluding hydrogens is 448 g/mol. The van der Waals surface area contributed by atoms with Crippen LogP contribution in [0.5, 0.6) is 0 Å². The van der Waals surface area contributed by atoms with Gasteiger partial charge in [0.05, 0.1) is 5.56 Å². The Balaban J connectivity index is 1.59. The van der Waals surface area contributed by atoms with Crippen LogP contribution in [-0.2, 0) is 0 Å². The third-order valence-electron chi connectivity index (χ3n) is 7.61. The van der Waals surface area contributed by atoms with E-state index in [0.29, 0.717) is 17.2 Å². The molecule has 0 saturated carbocycles. The predicted molar refractivity (Wildman–Crippen MR) is 149 cm³/mol. The third kappa shape index (κ3) is 5.85. The van der Waals surface area contributed by atoms with Gasteiger partial charge in [0, 0.05) is 43.2 Å². The zero-order valence-electron chi connectivity index (χ0n) is 22.6. The Morgan fingerprint density at radius 2 is 1.47 bits per heavy atom. The topological polar surface area (TPSA) is 64.7 Å². The lowest BCUT2D eigenvalue weighted by Gasteiger charge is -2.34. The van der Waals surface area contributed by atoms with E-state index in [4.69, 9.17) is 0 Å². The molecule has 194 valence electrons. The molecular formula is C30H42N4O2. The van der Waals surface area contributed by atoms with Crippen LogP contribution >= 0.6 is 0 Å². The number of nitrogens with one attached hydrogen (secondary N) is 2. The van der Waals surface area contributed by atoms with Gasteiger partial charge < -0.3 is 20.4 Å². The fourth-order valence-electron chi connectivity index (χ4n) is 5.37. The van der Waals surface area contributed by atoms with Gasteiger partial charge in [0.15, 0.2) is 0 Å². The smallest absolute Gasteiger partial charge is 0.323 e. The Hall–Kier alpha value is -3.02. The van der Waals surface area contributed by atoms with Crippen LogP contribution in [0.25, 0.3) is 0 Å². The summed E-state index contributed by atoms with van der Waals surface area (Å²) < 4.78 is 0. The molecule has 2 fully saturated rings. The zero-order valence-corrected chi connectivity index (χ0v) is 22.6. The minimum atomic E-state index is -0.288. The van der Waals surface area contributed by atoms with Crippen LogP contribution in [0.15, 0.2) is 36.4 Å². The van der Waals surface area contributed by atoms with E-state index in [1.54, 1.807) is 0 Å². The number of benzene rings is 2. The molecule has 2 heterocycles. The normalized spacial score (nSPS) is 16.6. The molecule has 2 aliphatic heterocycles. The van der Waals surface area contributed by atoms with Crippen LogP contribution < -0.4 is 15.5 Å². The van der Waals surface area contributed by atoms with Crippen LogP contribution in [-0.4, -0.2) is 43.0 Å². The van der Waals surface area contributed by atoms with Crippen molar-refractivity contribution in [1.82, 2.24) is 4.90 Å². The zero-order chi connectivity index (χ0) is 25.8. The van der Waals surface area contributed by atoms with Crippen molar-refractivity contribution in [3.63, 3.8) is 0 Å². The number of nitrogens with zero attached hydrogens (tertiary/aromatic N) is 2. The maximum atomic E-state index is 13.5. The van der Waals surface area contributed by atoms with Crippen LogP contribution in [0.3, 0.4) is 0 Å². The summed E-state index contributed by atoms with van der Waals surface area (Å²) in [7, 11) is 0. The van der Waals surface area contributed by atoms with Crippen LogP contribution in [0.1, 0.15) is 93.6 Å². The van der Waals surface area contributed by atoms with E-state index in [1.807, 2.05) is 23.1 Å². The van der Waals surface area contributed by atoms with Crippen LogP contribution in [0, 0.1) is 5.92 Å². The SMILES string of the molecule is CC1CCN(c2ccc(NC(=O)Nc3c(C(C)C)cccc3C(C)C)cc2C(=O)N2CCCC2)CC1. The first-order chi connectivity index (χ1) is 17.2. The highest BCUT2D eigenvalue weighted by Crippen LogP contribution is 2.33. The average molecular weight is 491 g/mol. The number of hydrogen-bond acceptors (Lipinski definition) is 3. The molecule has 0 aliphatic carbocycles. The Kier molecular flexibility index (Phi) is 8.22. The van der Waals surface area contributed by atoms with Gasteiger partial charge in [0.2, 0.25) is 0 Å². The van der Waals surface area contributed by atoms with Crippen molar-refractivity contribution in [3.05, 3.63) is 53.1 Å². The standard InChI is InChI=1S/C30H42N4O2/c1-20(2)24-9-8-10-25(21(3)4)28(24)32-30(36)31-23-11-12-27(33-17-13-22(5)14-18-33)26(19-23)29(35)34-15-6-7-16-34/h8-12,19-22H,6-7,13-18H2,1-5H3,(H2,31,32,36). The molecule has 0 bridgehead atoms. The molecule has 2 aromatic rings. The first-order valence-corrected chi connectivity index (χ1v) is 13.6. The monoisotopic (exact) mass is 490 g/mol. The lowest BCUT2D eigenvalue weighted by atomic mass is 9.93. The van der Waals surface area contributed by atoms with Crippen LogP contribution in [0.2, 0.25) is 0 Å². The van der Waals surface area contributed by atoms with E-state index in [-0.39, 0.29) is 23.8 Å². The van der Waals surface area contributed by atoms with Gasteiger partial charge in [-0.15, -0.1) is 0 Å². The lowest BCUT2D eigenvalue weighted by molar-refractivity contribution is 0.0793. The van der Waals surface area contributed by atoms with Gasteiger partial charge in [-0.1, -0.05) is 52.8 Å². The largest absolute Gasteiger partial charge is 0.371 e. The summed E-state index contributed by atoms with van der Waals surface area (Å²) in [5.41, 5.74) is 5.43. The lowest BCUT2D eigenvalue weighted by Crippen LogP contribution is -2.36. The number of carbonyl (C=O) groups excluding carboxylic acids is 2. The second kappa shape index (κ2) is 11.4. The van der Waals surface area contributed by atoms with Gasteiger partial charge in [-0.25, -0.2) is 4.79 Å². The van der Waals surface area contributed by atoms with E-state index < -0.39 is 0 Å².